The molecule has 1 aromatic rings. The van der Waals surface area contributed by atoms with E-state index in [2.05, 4.69) is 46.3 Å². The van der Waals surface area contributed by atoms with Crippen LogP contribution in [0.5, 0.6) is 0 Å². The first kappa shape index (κ1) is 13.0. The van der Waals surface area contributed by atoms with Gasteiger partial charge >= 0.3 is 0 Å². The number of piperazine rings is 1. The fourth-order valence-corrected chi connectivity index (χ4v) is 2.72. The van der Waals surface area contributed by atoms with E-state index >= 15 is 0 Å². The normalized spacial score (nSPS) is 28.3. The zero-order valence-corrected chi connectivity index (χ0v) is 12.0. The summed E-state index contributed by atoms with van der Waals surface area (Å²) in [5.74, 6) is 2.63. The van der Waals surface area contributed by atoms with Crippen molar-refractivity contribution in [2.24, 2.45) is 5.92 Å². The summed E-state index contributed by atoms with van der Waals surface area (Å²) in [5, 5.41) is 7.50. The monoisotopic (exact) mass is 265 g/mol. The van der Waals surface area contributed by atoms with Gasteiger partial charge in [0.25, 0.3) is 0 Å². The van der Waals surface area contributed by atoms with Crippen LogP contribution >= 0.6 is 0 Å². The molecule has 0 aliphatic carbocycles. The maximum Gasteiger partial charge on any atom is 0.229 e. The topological polar surface area (TPSA) is 57.4 Å². The van der Waals surface area contributed by atoms with Crippen molar-refractivity contribution in [2.45, 2.75) is 18.9 Å². The minimum absolute atomic E-state index is 0.253. The highest BCUT2D eigenvalue weighted by molar-refractivity contribution is 5.03. The Hall–Kier alpha value is -0.980. The Kier molecular flexibility index (Phi) is 3.56. The molecule has 0 aromatic carbocycles. The van der Waals surface area contributed by atoms with Crippen molar-refractivity contribution < 1.29 is 4.52 Å². The van der Waals surface area contributed by atoms with Crippen LogP contribution in [0.25, 0.3) is 0 Å². The van der Waals surface area contributed by atoms with Crippen molar-refractivity contribution in [3.63, 3.8) is 0 Å². The summed E-state index contributed by atoms with van der Waals surface area (Å²) in [6.45, 7) is 7.42. The van der Waals surface area contributed by atoms with E-state index in [4.69, 9.17) is 4.52 Å². The van der Waals surface area contributed by atoms with Gasteiger partial charge in [0, 0.05) is 25.6 Å². The smallest absolute Gasteiger partial charge is 0.229 e. The molecule has 6 heteroatoms. The van der Waals surface area contributed by atoms with Gasteiger partial charge in [-0.3, -0.25) is 4.90 Å². The second-order valence-corrected chi connectivity index (χ2v) is 5.96. The molecule has 1 aromatic heterocycles. The summed E-state index contributed by atoms with van der Waals surface area (Å²) in [6, 6.07) is 0.253. The molecule has 2 aliphatic rings. The summed E-state index contributed by atoms with van der Waals surface area (Å²) >= 11 is 0. The van der Waals surface area contributed by atoms with Crippen LogP contribution in [0.1, 0.15) is 30.6 Å². The molecular weight excluding hydrogens is 242 g/mol. The van der Waals surface area contributed by atoms with Crippen LogP contribution in [0, 0.1) is 5.92 Å². The molecule has 1 N–H and O–H groups in total. The fraction of sp³-hybridized carbons (Fsp3) is 0.846. The van der Waals surface area contributed by atoms with Gasteiger partial charge in [0.05, 0.1) is 6.04 Å². The predicted octanol–water partition coefficient (Wildman–Crippen LogP) is 0.311. The zero-order valence-electron chi connectivity index (χ0n) is 12.0. The average Bonchev–Trinajstić information content (AvgIpc) is 2.79. The van der Waals surface area contributed by atoms with Gasteiger partial charge < -0.3 is 14.7 Å². The van der Waals surface area contributed by atoms with E-state index < -0.39 is 0 Å². The van der Waals surface area contributed by atoms with Crippen LogP contribution in [0.2, 0.25) is 0 Å². The van der Waals surface area contributed by atoms with Crippen molar-refractivity contribution in [1.82, 2.24) is 25.3 Å². The minimum Gasteiger partial charge on any atom is -0.339 e. The van der Waals surface area contributed by atoms with Crippen molar-refractivity contribution in [1.29, 1.82) is 0 Å². The summed E-state index contributed by atoms with van der Waals surface area (Å²) in [4.78, 5) is 9.28. The Morgan fingerprint density at radius 1 is 1.32 bits per heavy atom. The molecule has 0 saturated carbocycles. The van der Waals surface area contributed by atoms with Crippen molar-refractivity contribution >= 4 is 0 Å². The van der Waals surface area contributed by atoms with E-state index in [-0.39, 0.29) is 6.04 Å². The lowest BCUT2D eigenvalue weighted by atomic mass is 9.89. The van der Waals surface area contributed by atoms with Gasteiger partial charge in [-0.25, -0.2) is 0 Å². The standard InChI is InChI=1S/C13H23N5O/c1-9(10-6-14-7-10)13-15-12(16-19-13)11-8-17(2)4-5-18(11)3/h9-11,14H,4-8H2,1-3H3. The summed E-state index contributed by atoms with van der Waals surface area (Å²) in [5.41, 5.74) is 0. The molecule has 2 saturated heterocycles. The number of nitrogens with one attached hydrogen (secondary N) is 1. The van der Waals surface area contributed by atoms with Crippen LogP contribution in [0.15, 0.2) is 4.52 Å². The van der Waals surface area contributed by atoms with E-state index in [0.29, 0.717) is 11.8 Å². The van der Waals surface area contributed by atoms with E-state index in [1.54, 1.807) is 0 Å². The number of rotatable bonds is 3. The number of aromatic nitrogens is 2. The van der Waals surface area contributed by atoms with Gasteiger partial charge in [-0.05, 0) is 33.1 Å². The van der Waals surface area contributed by atoms with Crippen molar-refractivity contribution in [3.8, 4) is 0 Å². The molecule has 3 rings (SSSR count). The van der Waals surface area contributed by atoms with E-state index in [0.717, 1.165) is 44.4 Å². The van der Waals surface area contributed by atoms with Crippen LogP contribution < -0.4 is 5.32 Å². The largest absolute Gasteiger partial charge is 0.339 e. The van der Waals surface area contributed by atoms with Gasteiger partial charge in [-0.1, -0.05) is 12.1 Å². The Bertz CT molecular complexity index is 430. The third-order valence-electron chi connectivity index (χ3n) is 4.52. The minimum atomic E-state index is 0.253. The molecule has 3 heterocycles. The highest BCUT2D eigenvalue weighted by Gasteiger charge is 2.32. The van der Waals surface area contributed by atoms with Crippen LogP contribution in [-0.4, -0.2) is 66.8 Å². The van der Waals surface area contributed by atoms with Gasteiger partial charge in [-0.15, -0.1) is 0 Å². The molecular formula is C13H23N5O. The number of hydrogen-bond acceptors (Lipinski definition) is 6. The van der Waals surface area contributed by atoms with E-state index in [9.17, 15) is 0 Å². The molecule has 106 valence electrons. The molecule has 2 aliphatic heterocycles. The quantitative estimate of drug-likeness (QED) is 0.849. The van der Waals surface area contributed by atoms with Crippen molar-refractivity contribution in [3.05, 3.63) is 11.7 Å². The van der Waals surface area contributed by atoms with E-state index in [1.807, 2.05) is 0 Å². The first-order valence-electron chi connectivity index (χ1n) is 7.08. The van der Waals surface area contributed by atoms with E-state index in [1.165, 1.54) is 0 Å². The molecule has 0 radical (unpaired) electrons. The van der Waals surface area contributed by atoms with Gasteiger partial charge in [0.15, 0.2) is 5.82 Å². The third kappa shape index (κ3) is 2.52. The number of nitrogens with zero attached hydrogens (tertiary/aromatic N) is 4. The summed E-state index contributed by atoms with van der Waals surface area (Å²) < 4.78 is 5.49. The second-order valence-electron chi connectivity index (χ2n) is 5.96. The first-order valence-corrected chi connectivity index (χ1v) is 7.08. The molecule has 2 atom stereocenters. The van der Waals surface area contributed by atoms with Gasteiger partial charge in [-0.2, -0.15) is 4.98 Å². The lowest BCUT2D eigenvalue weighted by Gasteiger charge is -2.35. The maximum absolute atomic E-state index is 5.49. The summed E-state index contributed by atoms with van der Waals surface area (Å²) in [7, 11) is 4.27. The molecule has 19 heavy (non-hydrogen) atoms. The SMILES string of the molecule is CC(c1nc(C2CN(C)CCN2C)no1)C1CNC1. The van der Waals surface area contributed by atoms with Crippen LogP contribution in [0.4, 0.5) is 0 Å². The maximum atomic E-state index is 5.49. The lowest BCUT2D eigenvalue weighted by molar-refractivity contribution is 0.108. The van der Waals surface area contributed by atoms with Crippen molar-refractivity contribution in [2.75, 3.05) is 46.8 Å². The Balaban J connectivity index is 1.72. The fourth-order valence-electron chi connectivity index (χ4n) is 2.72. The molecule has 0 amide bonds. The molecule has 0 bridgehead atoms. The Morgan fingerprint density at radius 3 is 2.79 bits per heavy atom. The molecule has 0 spiro atoms. The van der Waals surface area contributed by atoms with Crippen LogP contribution in [-0.2, 0) is 0 Å². The van der Waals surface area contributed by atoms with Gasteiger partial charge in [0.1, 0.15) is 0 Å². The highest BCUT2D eigenvalue weighted by Crippen LogP contribution is 2.28. The average molecular weight is 265 g/mol. The Labute approximate surface area is 114 Å². The predicted molar refractivity (Wildman–Crippen MR) is 71.9 cm³/mol. The van der Waals surface area contributed by atoms with Gasteiger partial charge in [0.2, 0.25) is 5.89 Å². The molecule has 2 unspecified atom stereocenters. The molecule has 2 fully saturated rings. The van der Waals surface area contributed by atoms with Crippen LogP contribution in [0.3, 0.4) is 0 Å². The molecule has 6 nitrogen and oxygen atoms in total. The zero-order chi connectivity index (χ0) is 13.4. The second kappa shape index (κ2) is 5.19. The highest BCUT2D eigenvalue weighted by atomic mass is 16.5. The third-order valence-corrected chi connectivity index (χ3v) is 4.52. The first-order chi connectivity index (χ1) is 9.15. The lowest BCUT2D eigenvalue weighted by Crippen LogP contribution is -2.45. The number of hydrogen-bond donors (Lipinski definition) is 1. The number of likely N-dealkylation sites (N-methyl/N-ethyl adjacent to an activating group) is 2. The summed E-state index contributed by atoms with van der Waals surface area (Å²) in [6.07, 6.45) is 0. The Morgan fingerprint density at radius 2 is 2.11 bits per heavy atom.